The number of rotatable bonds is 5. The highest BCUT2D eigenvalue weighted by Crippen LogP contribution is 2.45. The van der Waals surface area contributed by atoms with E-state index in [2.05, 4.69) is 44.1 Å². The fraction of sp³-hybridized carbons (Fsp3) is 0.435. The number of benzene rings is 1. The van der Waals surface area contributed by atoms with Crippen LogP contribution in [0.1, 0.15) is 27.8 Å². The summed E-state index contributed by atoms with van der Waals surface area (Å²) in [6.07, 6.45) is 5.57. The summed E-state index contributed by atoms with van der Waals surface area (Å²) in [4.78, 5) is 22.5. The van der Waals surface area contributed by atoms with Crippen LogP contribution in [0, 0.1) is 18.8 Å². The van der Waals surface area contributed by atoms with Crippen LogP contribution in [-0.4, -0.2) is 61.2 Å². The van der Waals surface area contributed by atoms with E-state index >= 15 is 0 Å². The summed E-state index contributed by atoms with van der Waals surface area (Å²) in [5.74, 6) is 1.03. The van der Waals surface area contributed by atoms with Crippen LogP contribution >= 0.6 is 0 Å². The highest BCUT2D eigenvalue weighted by molar-refractivity contribution is 5.94. The molecule has 0 aliphatic carbocycles. The molecule has 0 saturated carbocycles. The third kappa shape index (κ3) is 3.33. The molecular weight excluding hydrogens is 376 g/mol. The number of fused-ring (bicyclic) bond motifs is 1. The van der Waals surface area contributed by atoms with Crippen LogP contribution < -0.4 is 0 Å². The number of amides is 1. The SMILES string of the molecule is Cc1ncn(C)c1C(=O)N1C[C@@H]2CN(CCn3cccn3)C[C@@H]2[C@H]1c1ccccc1. The van der Waals surface area contributed by atoms with Crippen molar-refractivity contribution in [3.63, 3.8) is 0 Å². The fourth-order valence-corrected chi connectivity index (χ4v) is 5.27. The molecule has 2 aromatic heterocycles. The van der Waals surface area contributed by atoms with E-state index in [0.29, 0.717) is 17.5 Å². The van der Waals surface area contributed by atoms with Gasteiger partial charge in [0.25, 0.3) is 5.91 Å². The molecule has 30 heavy (non-hydrogen) atoms. The highest BCUT2D eigenvalue weighted by atomic mass is 16.2. The molecule has 4 heterocycles. The fourth-order valence-electron chi connectivity index (χ4n) is 5.27. The predicted octanol–water partition coefficient (Wildman–Crippen LogP) is 2.37. The maximum atomic E-state index is 13.6. The van der Waals surface area contributed by atoms with Crippen molar-refractivity contribution in [3.05, 3.63) is 72.1 Å². The normalized spacial score (nSPS) is 23.8. The van der Waals surface area contributed by atoms with Crippen molar-refractivity contribution < 1.29 is 4.79 Å². The van der Waals surface area contributed by atoms with E-state index in [4.69, 9.17) is 0 Å². The zero-order valence-electron chi connectivity index (χ0n) is 17.6. The summed E-state index contributed by atoms with van der Waals surface area (Å²) in [7, 11) is 1.90. The molecule has 2 aliphatic heterocycles. The first kappa shape index (κ1) is 19.1. The standard InChI is InChI=1S/C23H28N6O/c1-17-21(26(2)16-24-17)23(30)29-14-19-13-27(11-12-28-10-6-9-25-28)15-20(19)22(29)18-7-4-3-5-8-18/h3-10,16,19-20,22H,11-15H2,1-2H3/t19-,20-,22+/m0/s1. The van der Waals surface area contributed by atoms with Gasteiger partial charge in [-0.15, -0.1) is 0 Å². The summed E-state index contributed by atoms with van der Waals surface area (Å²) in [5, 5.41) is 4.32. The van der Waals surface area contributed by atoms with E-state index in [0.717, 1.165) is 38.4 Å². The highest BCUT2D eigenvalue weighted by Gasteiger charge is 2.49. The molecule has 0 spiro atoms. The van der Waals surface area contributed by atoms with E-state index in [9.17, 15) is 4.79 Å². The zero-order valence-corrected chi connectivity index (χ0v) is 17.6. The van der Waals surface area contributed by atoms with E-state index in [-0.39, 0.29) is 11.9 Å². The predicted molar refractivity (Wildman–Crippen MR) is 114 cm³/mol. The number of nitrogens with zero attached hydrogens (tertiary/aromatic N) is 6. The van der Waals surface area contributed by atoms with Crippen LogP contribution in [0.15, 0.2) is 55.1 Å². The van der Waals surface area contributed by atoms with Crippen LogP contribution in [0.2, 0.25) is 0 Å². The summed E-state index contributed by atoms with van der Waals surface area (Å²) in [6, 6.07) is 12.6. The molecule has 2 fully saturated rings. The van der Waals surface area contributed by atoms with Gasteiger partial charge in [0.1, 0.15) is 5.69 Å². The Morgan fingerprint density at radius 2 is 1.93 bits per heavy atom. The van der Waals surface area contributed by atoms with Gasteiger partial charge in [-0.3, -0.25) is 9.48 Å². The first-order valence-corrected chi connectivity index (χ1v) is 10.7. The van der Waals surface area contributed by atoms with Crippen LogP contribution in [0.5, 0.6) is 0 Å². The summed E-state index contributed by atoms with van der Waals surface area (Å²) >= 11 is 0. The average molecular weight is 405 g/mol. The summed E-state index contributed by atoms with van der Waals surface area (Å²) in [5.41, 5.74) is 2.73. The molecular formula is C23H28N6O. The van der Waals surface area contributed by atoms with Gasteiger partial charge in [0, 0.05) is 51.5 Å². The second-order valence-corrected chi connectivity index (χ2v) is 8.56. The third-order valence-electron chi connectivity index (χ3n) is 6.67. The number of hydrogen-bond acceptors (Lipinski definition) is 4. The first-order valence-electron chi connectivity index (χ1n) is 10.7. The van der Waals surface area contributed by atoms with Gasteiger partial charge in [0.05, 0.1) is 24.6 Å². The number of carbonyl (C=O) groups is 1. The lowest BCUT2D eigenvalue weighted by Crippen LogP contribution is -2.37. The molecule has 5 rings (SSSR count). The minimum Gasteiger partial charge on any atom is -0.330 e. The molecule has 0 N–H and O–H groups in total. The van der Waals surface area contributed by atoms with Gasteiger partial charge < -0.3 is 14.4 Å². The Kier molecular flexibility index (Phi) is 4.90. The molecule has 2 saturated heterocycles. The Balaban J connectivity index is 1.39. The van der Waals surface area contributed by atoms with Gasteiger partial charge in [-0.1, -0.05) is 30.3 Å². The smallest absolute Gasteiger partial charge is 0.272 e. The van der Waals surface area contributed by atoms with Gasteiger partial charge in [0.15, 0.2) is 0 Å². The molecule has 3 aromatic rings. The average Bonchev–Trinajstić information content (AvgIpc) is 3.51. The minimum absolute atomic E-state index is 0.0962. The van der Waals surface area contributed by atoms with Crippen molar-refractivity contribution in [1.29, 1.82) is 0 Å². The van der Waals surface area contributed by atoms with Crippen molar-refractivity contribution in [2.75, 3.05) is 26.2 Å². The number of likely N-dealkylation sites (tertiary alicyclic amines) is 2. The second-order valence-electron chi connectivity index (χ2n) is 8.56. The van der Waals surface area contributed by atoms with Crippen molar-refractivity contribution in [2.24, 2.45) is 18.9 Å². The summed E-state index contributed by atoms with van der Waals surface area (Å²) in [6.45, 7) is 6.65. The number of carbonyl (C=O) groups excluding carboxylic acids is 1. The molecule has 3 atom stereocenters. The Morgan fingerprint density at radius 1 is 1.10 bits per heavy atom. The van der Waals surface area contributed by atoms with E-state index in [1.165, 1.54) is 5.56 Å². The monoisotopic (exact) mass is 404 g/mol. The van der Waals surface area contributed by atoms with E-state index < -0.39 is 0 Å². The quantitative estimate of drug-likeness (QED) is 0.655. The molecule has 7 heteroatoms. The minimum atomic E-state index is 0.0962. The molecule has 0 unspecified atom stereocenters. The van der Waals surface area contributed by atoms with Crippen LogP contribution in [-0.2, 0) is 13.6 Å². The van der Waals surface area contributed by atoms with Crippen molar-refractivity contribution >= 4 is 5.91 Å². The second kappa shape index (κ2) is 7.72. The Hall–Kier alpha value is -2.93. The number of imidazole rings is 1. The van der Waals surface area contributed by atoms with Crippen LogP contribution in [0.4, 0.5) is 0 Å². The summed E-state index contributed by atoms with van der Waals surface area (Å²) < 4.78 is 3.84. The lowest BCUT2D eigenvalue weighted by molar-refractivity contribution is 0.0689. The zero-order chi connectivity index (χ0) is 20.7. The lowest BCUT2D eigenvalue weighted by atomic mass is 9.89. The molecule has 0 radical (unpaired) electrons. The molecule has 156 valence electrons. The van der Waals surface area contributed by atoms with Gasteiger partial charge in [-0.2, -0.15) is 5.10 Å². The molecule has 1 amide bonds. The maximum absolute atomic E-state index is 13.6. The molecule has 1 aromatic carbocycles. The number of hydrogen-bond donors (Lipinski definition) is 0. The van der Waals surface area contributed by atoms with Gasteiger partial charge >= 0.3 is 0 Å². The Labute approximate surface area is 176 Å². The van der Waals surface area contributed by atoms with Crippen molar-refractivity contribution in [2.45, 2.75) is 19.5 Å². The Bertz CT molecular complexity index is 992. The largest absolute Gasteiger partial charge is 0.330 e. The Morgan fingerprint density at radius 3 is 2.63 bits per heavy atom. The van der Waals surface area contributed by atoms with Crippen molar-refractivity contribution in [3.8, 4) is 0 Å². The number of aryl methyl sites for hydroxylation is 2. The molecule has 2 aliphatic rings. The van der Waals surface area contributed by atoms with Crippen LogP contribution in [0.3, 0.4) is 0 Å². The van der Waals surface area contributed by atoms with Gasteiger partial charge in [-0.25, -0.2) is 4.98 Å². The third-order valence-corrected chi connectivity index (χ3v) is 6.67. The van der Waals surface area contributed by atoms with Crippen molar-refractivity contribution in [1.82, 2.24) is 29.1 Å². The van der Waals surface area contributed by atoms with Gasteiger partial charge in [0.2, 0.25) is 0 Å². The number of aromatic nitrogens is 4. The maximum Gasteiger partial charge on any atom is 0.272 e. The molecule has 0 bridgehead atoms. The first-order chi connectivity index (χ1) is 14.6. The van der Waals surface area contributed by atoms with E-state index in [1.54, 1.807) is 6.33 Å². The lowest BCUT2D eigenvalue weighted by Gasteiger charge is -2.30. The molecule has 7 nitrogen and oxygen atoms in total. The van der Waals surface area contributed by atoms with E-state index in [1.807, 2.05) is 47.7 Å². The topological polar surface area (TPSA) is 59.2 Å². The van der Waals surface area contributed by atoms with Crippen LogP contribution in [0.25, 0.3) is 0 Å². The van der Waals surface area contributed by atoms with Gasteiger partial charge in [-0.05, 0) is 24.5 Å².